The normalized spacial score (nSPS) is 11.8. The molecule has 0 aromatic carbocycles. The number of hydrogen-bond donors (Lipinski definition) is 1. The molecule has 0 aliphatic rings. The molecule has 2 heterocycles. The lowest BCUT2D eigenvalue weighted by Gasteiger charge is -2.24. The van der Waals surface area contributed by atoms with Crippen LogP contribution in [0, 0.1) is 0 Å². The molecule has 2 aromatic rings. The van der Waals surface area contributed by atoms with Gasteiger partial charge in [-0.25, -0.2) is 4.98 Å². The largest absolute Gasteiger partial charge is 0.473 e. The van der Waals surface area contributed by atoms with E-state index in [0.717, 1.165) is 31.5 Å². The molecular weight excluding hydrogens is 328 g/mol. The van der Waals surface area contributed by atoms with Crippen LogP contribution in [0.3, 0.4) is 0 Å². The van der Waals surface area contributed by atoms with Gasteiger partial charge < -0.3 is 10.1 Å². The van der Waals surface area contributed by atoms with Gasteiger partial charge in [-0.2, -0.15) is 0 Å². The first kappa shape index (κ1) is 19.6. The van der Waals surface area contributed by atoms with E-state index in [9.17, 15) is 4.79 Å². The number of likely N-dealkylation sites (N-methyl/N-ethyl adjacent to an activating group) is 1. The molecule has 6 heteroatoms. The minimum absolute atomic E-state index is 0.0536. The third kappa shape index (κ3) is 6.29. The number of carbonyl (C=O) groups excluding carboxylic acids is 1. The van der Waals surface area contributed by atoms with Crippen molar-refractivity contribution >= 4 is 5.91 Å². The number of ether oxygens (including phenoxy) is 1. The predicted molar refractivity (Wildman–Crippen MR) is 102 cm³/mol. The summed E-state index contributed by atoms with van der Waals surface area (Å²) in [6, 6.07) is 7.32. The Bertz CT molecular complexity index is 706. The van der Waals surface area contributed by atoms with Crippen molar-refractivity contribution in [1.29, 1.82) is 0 Å². The molecule has 1 N–H and O–H groups in total. The van der Waals surface area contributed by atoms with Crippen molar-refractivity contribution in [1.82, 2.24) is 20.2 Å². The summed E-state index contributed by atoms with van der Waals surface area (Å²) in [5, 5.41) is 2.61. The van der Waals surface area contributed by atoms with Gasteiger partial charge in [0.2, 0.25) is 5.88 Å². The van der Waals surface area contributed by atoms with E-state index >= 15 is 0 Å². The van der Waals surface area contributed by atoms with E-state index in [-0.39, 0.29) is 12.0 Å². The summed E-state index contributed by atoms with van der Waals surface area (Å²) >= 11 is 0. The minimum Gasteiger partial charge on any atom is -0.473 e. The summed E-state index contributed by atoms with van der Waals surface area (Å²) in [6.07, 6.45) is 8.72. The molecule has 0 unspecified atom stereocenters. The van der Waals surface area contributed by atoms with E-state index in [1.54, 1.807) is 31.6 Å². The van der Waals surface area contributed by atoms with E-state index in [0.29, 0.717) is 11.4 Å². The number of nitrogens with zero attached hydrogens (tertiary/aromatic N) is 3. The van der Waals surface area contributed by atoms with E-state index in [1.807, 2.05) is 25.4 Å². The highest BCUT2D eigenvalue weighted by Gasteiger charge is 2.15. The van der Waals surface area contributed by atoms with E-state index < -0.39 is 0 Å². The van der Waals surface area contributed by atoms with Gasteiger partial charge in [-0.15, -0.1) is 6.58 Å². The average Bonchev–Trinajstić information content (AvgIpc) is 2.66. The predicted octanol–water partition coefficient (Wildman–Crippen LogP) is 2.68. The first-order chi connectivity index (χ1) is 12.6. The molecule has 1 amide bonds. The standard InChI is InChI=1S/C20H26N4O2/c1-4-5-8-18(15-24(3)14-16-7-6-10-22-13-16)26-19-12-17(9-11-23-19)20(25)21-2/h4,6-7,9-13,18H,1,5,8,14-15H2,2-3H3,(H,21,25)/t18-/m1/s1. The third-order valence-electron chi connectivity index (χ3n) is 3.89. The van der Waals surface area contributed by atoms with Gasteiger partial charge in [0.1, 0.15) is 6.10 Å². The van der Waals surface area contributed by atoms with Crippen LogP contribution in [0.5, 0.6) is 5.88 Å². The summed E-state index contributed by atoms with van der Waals surface area (Å²) in [4.78, 5) is 22.4. The highest BCUT2D eigenvalue weighted by molar-refractivity contribution is 5.94. The zero-order valence-electron chi connectivity index (χ0n) is 15.4. The van der Waals surface area contributed by atoms with Crippen molar-refractivity contribution < 1.29 is 9.53 Å². The number of carbonyl (C=O) groups is 1. The number of amides is 1. The molecule has 0 fully saturated rings. The van der Waals surface area contributed by atoms with Crippen molar-refractivity contribution in [3.8, 4) is 5.88 Å². The van der Waals surface area contributed by atoms with Crippen LogP contribution in [0.4, 0.5) is 0 Å². The first-order valence-corrected chi connectivity index (χ1v) is 8.65. The average molecular weight is 354 g/mol. The number of pyridine rings is 2. The smallest absolute Gasteiger partial charge is 0.251 e. The molecule has 6 nitrogen and oxygen atoms in total. The van der Waals surface area contributed by atoms with Crippen molar-refractivity contribution in [3.63, 3.8) is 0 Å². The Kier molecular flexibility index (Phi) is 7.76. The van der Waals surface area contributed by atoms with Crippen LogP contribution < -0.4 is 10.1 Å². The van der Waals surface area contributed by atoms with Crippen molar-refractivity contribution in [2.45, 2.75) is 25.5 Å². The highest BCUT2D eigenvalue weighted by atomic mass is 16.5. The second kappa shape index (κ2) is 10.3. The maximum Gasteiger partial charge on any atom is 0.251 e. The topological polar surface area (TPSA) is 67.4 Å². The highest BCUT2D eigenvalue weighted by Crippen LogP contribution is 2.15. The quantitative estimate of drug-likeness (QED) is 0.665. The number of aromatic nitrogens is 2. The van der Waals surface area contributed by atoms with Crippen LogP contribution in [0.25, 0.3) is 0 Å². The SMILES string of the molecule is C=CCC[C@H](CN(C)Cc1cccnc1)Oc1cc(C(=O)NC)ccn1. The fraction of sp³-hybridized carbons (Fsp3) is 0.350. The molecule has 0 aliphatic carbocycles. The second-order valence-corrected chi connectivity index (χ2v) is 6.13. The lowest BCUT2D eigenvalue weighted by molar-refractivity contribution is 0.0960. The van der Waals surface area contributed by atoms with Gasteiger partial charge in [0.15, 0.2) is 0 Å². The van der Waals surface area contributed by atoms with Crippen LogP contribution in [-0.4, -0.2) is 47.5 Å². The summed E-state index contributed by atoms with van der Waals surface area (Å²) in [5.41, 5.74) is 1.68. The summed E-state index contributed by atoms with van der Waals surface area (Å²) in [5.74, 6) is 0.295. The Morgan fingerprint density at radius 1 is 1.42 bits per heavy atom. The Hall–Kier alpha value is -2.73. The van der Waals surface area contributed by atoms with Crippen molar-refractivity contribution in [2.75, 3.05) is 20.6 Å². The molecule has 2 aromatic heterocycles. The van der Waals surface area contributed by atoms with Crippen molar-refractivity contribution in [3.05, 3.63) is 66.6 Å². The van der Waals surface area contributed by atoms with E-state index in [4.69, 9.17) is 4.74 Å². The van der Waals surface area contributed by atoms with Crippen molar-refractivity contribution in [2.24, 2.45) is 0 Å². The minimum atomic E-state index is -0.159. The summed E-state index contributed by atoms with van der Waals surface area (Å²) in [6.45, 7) is 5.30. The zero-order chi connectivity index (χ0) is 18.8. The van der Waals surface area contributed by atoms with Crippen LogP contribution in [0.1, 0.15) is 28.8 Å². The van der Waals surface area contributed by atoms with Crippen LogP contribution >= 0.6 is 0 Å². The number of nitrogens with one attached hydrogen (secondary N) is 1. The molecule has 0 spiro atoms. The zero-order valence-corrected chi connectivity index (χ0v) is 15.4. The molecular formula is C20H26N4O2. The molecule has 26 heavy (non-hydrogen) atoms. The fourth-order valence-corrected chi connectivity index (χ4v) is 2.64. The molecule has 0 radical (unpaired) electrons. The molecule has 0 saturated heterocycles. The van der Waals surface area contributed by atoms with Gasteiger partial charge >= 0.3 is 0 Å². The molecule has 0 saturated carbocycles. The van der Waals surface area contributed by atoms with Gasteiger partial charge in [0.05, 0.1) is 0 Å². The lowest BCUT2D eigenvalue weighted by atomic mass is 10.1. The Morgan fingerprint density at radius 2 is 2.27 bits per heavy atom. The third-order valence-corrected chi connectivity index (χ3v) is 3.89. The Morgan fingerprint density at radius 3 is 2.96 bits per heavy atom. The number of rotatable bonds is 10. The van der Waals surface area contributed by atoms with Crippen LogP contribution in [0.2, 0.25) is 0 Å². The van der Waals surface area contributed by atoms with Gasteiger partial charge in [-0.1, -0.05) is 12.1 Å². The first-order valence-electron chi connectivity index (χ1n) is 8.65. The second-order valence-electron chi connectivity index (χ2n) is 6.13. The van der Waals surface area contributed by atoms with Crippen LogP contribution in [-0.2, 0) is 6.54 Å². The Labute approximate surface area is 154 Å². The molecule has 0 aliphatic heterocycles. The maximum atomic E-state index is 11.8. The fourth-order valence-electron chi connectivity index (χ4n) is 2.64. The van der Waals surface area contributed by atoms with Gasteiger partial charge in [0, 0.05) is 50.4 Å². The Balaban J connectivity index is 2.02. The van der Waals surface area contributed by atoms with E-state index in [2.05, 4.69) is 32.8 Å². The summed E-state index contributed by atoms with van der Waals surface area (Å²) < 4.78 is 6.06. The molecule has 1 atom stereocenters. The monoisotopic (exact) mass is 354 g/mol. The van der Waals surface area contributed by atoms with Gasteiger partial charge in [-0.3, -0.25) is 14.7 Å². The van der Waals surface area contributed by atoms with Crippen LogP contribution in [0.15, 0.2) is 55.5 Å². The van der Waals surface area contributed by atoms with Gasteiger partial charge in [0.25, 0.3) is 5.91 Å². The van der Waals surface area contributed by atoms with Gasteiger partial charge in [-0.05, 0) is 37.6 Å². The number of hydrogen-bond acceptors (Lipinski definition) is 5. The molecule has 138 valence electrons. The lowest BCUT2D eigenvalue weighted by Crippen LogP contribution is -2.33. The number of allylic oxidation sites excluding steroid dienone is 1. The maximum absolute atomic E-state index is 11.8. The molecule has 0 bridgehead atoms. The molecule has 2 rings (SSSR count). The summed E-state index contributed by atoms with van der Waals surface area (Å²) in [7, 11) is 3.65. The van der Waals surface area contributed by atoms with E-state index in [1.165, 1.54) is 0 Å².